The number of hydrogen-bond donors (Lipinski definition) is 0. The molecule has 0 saturated heterocycles. The van der Waals surface area contributed by atoms with Gasteiger partial charge in [0.2, 0.25) is 0 Å². The van der Waals surface area contributed by atoms with E-state index in [1.807, 2.05) is 71.0 Å². The lowest BCUT2D eigenvalue weighted by atomic mass is 10.0. The van der Waals surface area contributed by atoms with Gasteiger partial charge in [0.15, 0.2) is 12.4 Å². The summed E-state index contributed by atoms with van der Waals surface area (Å²) in [7, 11) is 0. The molecule has 0 bridgehead atoms. The predicted octanol–water partition coefficient (Wildman–Crippen LogP) is 3.87. The van der Waals surface area contributed by atoms with Crippen LogP contribution in [0.2, 0.25) is 0 Å². The van der Waals surface area contributed by atoms with Crippen LogP contribution in [0.5, 0.6) is 0 Å². The van der Waals surface area contributed by atoms with Crippen molar-refractivity contribution in [3.05, 3.63) is 77.2 Å². The molecular weight excluding hydrogens is 392 g/mol. The molecule has 0 spiro atoms. The number of nitrogens with zero attached hydrogens (tertiary/aromatic N) is 4. The molecule has 0 radical (unpaired) electrons. The highest BCUT2D eigenvalue weighted by Gasteiger charge is 2.27. The van der Waals surface area contributed by atoms with Gasteiger partial charge in [-0.25, -0.2) is 14.5 Å². The largest absolute Gasteiger partial charge is 0.452 e. The van der Waals surface area contributed by atoms with E-state index in [1.54, 1.807) is 21.7 Å². The van der Waals surface area contributed by atoms with Crippen LogP contribution in [0.25, 0.3) is 5.82 Å². The van der Waals surface area contributed by atoms with Crippen LogP contribution in [0.4, 0.5) is 0 Å². The Balaban J connectivity index is 1.64. The number of pyridine rings is 1. The fourth-order valence-electron chi connectivity index (χ4n) is 3.25. The van der Waals surface area contributed by atoms with E-state index in [4.69, 9.17) is 4.74 Å². The minimum atomic E-state index is -0.589. The fourth-order valence-corrected chi connectivity index (χ4v) is 3.25. The highest BCUT2D eigenvalue weighted by atomic mass is 16.5. The first-order valence-corrected chi connectivity index (χ1v) is 10.2. The lowest BCUT2D eigenvalue weighted by molar-refractivity contribution is -0.140. The van der Waals surface area contributed by atoms with E-state index >= 15 is 0 Å². The van der Waals surface area contributed by atoms with Gasteiger partial charge in [0.1, 0.15) is 0 Å². The van der Waals surface area contributed by atoms with Gasteiger partial charge in [-0.05, 0) is 58.4 Å². The number of hydrogen-bond acceptors (Lipinski definition) is 5. The molecule has 1 amide bonds. The zero-order chi connectivity index (χ0) is 22.6. The minimum absolute atomic E-state index is 0.253. The summed E-state index contributed by atoms with van der Waals surface area (Å²) in [5.41, 5.74) is 2.72. The van der Waals surface area contributed by atoms with E-state index in [1.165, 1.54) is 6.20 Å². The Morgan fingerprint density at radius 1 is 1.06 bits per heavy atom. The van der Waals surface area contributed by atoms with Crippen molar-refractivity contribution in [3.8, 4) is 5.82 Å². The summed E-state index contributed by atoms with van der Waals surface area (Å²) in [5, 5.41) is 4.38. The van der Waals surface area contributed by atoms with Crippen molar-refractivity contribution in [2.45, 2.75) is 46.7 Å². The molecule has 0 unspecified atom stereocenters. The van der Waals surface area contributed by atoms with Crippen LogP contribution in [-0.2, 0) is 16.1 Å². The predicted molar refractivity (Wildman–Crippen MR) is 118 cm³/mol. The molecule has 3 aromatic rings. The van der Waals surface area contributed by atoms with Crippen molar-refractivity contribution in [2.24, 2.45) is 0 Å². The van der Waals surface area contributed by atoms with Crippen molar-refractivity contribution in [2.75, 3.05) is 6.61 Å². The van der Waals surface area contributed by atoms with Crippen molar-refractivity contribution < 1.29 is 14.3 Å². The van der Waals surface area contributed by atoms with Gasteiger partial charge >= 0.3 is 5.97 Å². The third-order valence-electron chi connectivity index (χ3n) is 4.83. The monoisotopic (exact) mass is 420 g/mol. The van der Waals surface area contributed by atoms with Gasteiger partial charge in [-0.3, -0.25) is 4.79 Å². The minimum Gasteiger partial charge on any atom is -0.452 e. The first-order chi connectivity index (χ1) is 14.6. The molecule has 3 rings (SSSR count). The zero-order valence-electron chi connectivity index (χ0n) is 18.6. The van der Waals surface area contributed by atoms with E-state index in [-0.39, 0.29) is 18.1 Å². The normalized spacial score (nSPS) is 11.3. The smallest absolute Gasteiger partial charge is 0.340 e. The maximum atomic E-state index is 12.8. The first kappa shape index (κ1) is 22.2. The quantitative estimate of drug-likeness (QED) is 0.566. The van der Waals surface area contributed by atoms with Gasteiger partial charge in [-0.15, -0.1) is 0 Å². The summed E-state index contributed by atoms with van der Waals surface area (Å²) in [6.45, 7) is 9.82. The summed E-state index contributed by atoms with van der Waals surface area (Å²) in [5.74, 6) is -0.230. The second-order valence-electron chi connectivity index (χ2n) is 8.46. The lowest BCUT2D eigenvalue weighted by Crippen LogP contribution is -2.46. The Morgan fingerprint density at radius 2 is 1.77 bits per heavy atom. The molecular formula is C24H28N4O3. The van der Waals surface area contributed by atoms with Gasteiger partial charge in [-0.1, -0.05) is 30.3 Å². The summed E-state index contributed by atoms with van der Waals surface area (Å²) in [6.07, 6.45) is 1.43. The molecule has 2 aromatic heterocycles. The second-order valence-corrected chi connectivity index (χ2v) is 8.46. The highest BCUT2D eigenvalue weighted by Crippen LogP contribution is 2.18. The molecule has 0 aliphatic heterocycles. The molecule has 162 valence electrons. The average Bonchev–Trinajstić information content (AvgIpc) is 3.08. The van der Waals surface area contributed by atoms with Crippen LogP contribution in [0, 0.1) is 13.8 Å². The van der Waals surface area contributed by atoms with E-state index in [2.05, 4.69) is 10.1 Å². The topological polar surface area (TPSA) is 77.3 Å². The standard InChI is InChI=1S/C24H28N4O3/c1-17-13-18(2)28(26-17)21-12-11-20(14-25-21)23(30)31-16-22(29)27(24(3,4)5)15-19-9-7-6-8-10-19/h6-14H,15-16H2,1-5H3. The number of amides is 1. The van der Waals surface area contributed by atoms with Gasteiger partial charge in [0, 0.05) is 24.0 Å². The van der Waals surface area contributed by atoms with Crippen LogP contribution in [0.1, 0.15) is 48.1 Å². The maximum absolute atomic E-state index is 12.8. The molecule has 0 atom stereocenters. The molecule has 0 saturated carbocycles. The maximum Gasteiger partial charge on any atom is 0.340 e. The number of carbonyl (C=O) groups is 2. The van der Waals surface area contributed by atoms with Crippen molar-refractivity contribution in [3.63, 3.8) is 0 Å². The first-order valence-electron chi connectivity index (χ1n) is 10.2. The summed E-state index contributed by atoms with van der Waals surface area (Å²) < 4.78 is 6.99. The Hall–Kier alpha value is -3.48. The van der Waals surface area contributed by atoms with Crippen LogP contribution < -0.4 is 0 Å². The number of rotatable bonds is 6. The molecule has 0 aliphatic carbocycles. The van der Waals surface area contributed by atoms with Gasteiger partial charge in [0.05, 0.1) is 11.3 Å². The van der Waals surface area contributed by atoms with Crippen molar-refractivity contribution >= 4 is 11.9 Å². The number of ether oxygens (including phenoxy) is 1. The molecule has 7 nitrogen and oxygen atoms in total. The second kappa shape index (κ2) is 9.12. The Morgan fingerprint density at radius 3 is 2.32 bits per heavy atom. The SMILES string of the molecule is Cc1cc(C)n(-c2ccc(C(=O)OCC(=O)N(Cc3ccccc3)C(C)(C)C)cn2)n1. The highest BCUT2D eigenvalue weighted by molar-refractivity contribution is 5.91. The van der Waals surface area contributed by atoms with Crippen molar-refractivity contribution in [1.82, 2.24) is 19.7 Å². The van der Waals surface area contributed by atoms with E-state index in [9.17, 15) is 9.59 Å². The third-order valence-corrected chi connectivity index (χ3v) is 4.83. The number of carbonyl (C=O) groups excluding carboxylic acids is 2. The van der Waals surface area contributed by atoms with Crippen molar-refractivity contribution in [1.29, 1.82) is 0 Å². The number of aromatic nitrogens is 3. The molecule has 7 heteroatoms. The summed E-state index contributed by atoms with van der Waals surface area (Å²) in [4.78, 5) is 31.3. The van der Waals surface area contributed by atoms with Gasteiger partial charge < -0.3 is 9.64 Å². The Bertz CT molecular complexity index is 1050. The van der Waals surface area contributed by atoms with Crippen LogP contribution in [0.3, 0.4) is 0 Å². The molecule has 2 heterocycles. The lowest BCUT2D eigenvalue weighted by Gasteiger charge is -2.35. The molecule has 1 aromatic carbocycles. The van der Waals surface area contributed by atoms with Crippen LogP contribution >= 0.6 is 0 Å². The van der Waals surface area contributed by atoms with Gasteiger partial charge in [-0.2, -0.15) is 5.10 Å². The van der Waals surface area contributed by atoms with Crippen LogP contribution in [0.15, 0.2) is 54.7 Å². The fraction of sp³-hybridized carbons (Fsp3) is 0.333. The molecule has 31 heavy (non-hydrogen) atoms. The van der Waals surface area contributed by atoms with E-state index < -0.39 is 11.5 Å². The van der Waals surface area contributed by atoms with E-state index in [0.717, 1.165) is 17.0 Å². The molecule has 0 N–H and O–H groups in total. The number of benzene rings is 1. The van der Waals surface area contributed by atoms with E-state index in [0.29, 0.717) is 12.4 Å². The molecule has 0 aliphatic rings. The Kier molecular flexibility index (Phi) is 6.53. The number of aryl methyl sites for hydroxylation is 2. The van der Waals surface area contributed by atoms with Gasteiger partial charge in [0.25, 0.3) is 5.91 Å². The molecule has 0 fully saturated rings. The zero-order valence-corrected chi connectivity index (χ0v) is 18.6. The average molecular weight is 421 g/mol. The summed E-state index contributed by atoms with van der Waals surface area (Å²) in [6, 6.07) is 15.0. The number of esters is 1. The third kappa shape index (κ3) is 5.57. The Labute approximate surface area is 182 Å². The summed E-state index contributed by atoms with van der Waals surface area (Å²) >= 11 is 0. The van der Waals surface area contributed by atoms with Crippen LogP contribution in [-0.4, -0.2) is 43.7 Å².